The Labute approximate surface area is 224 Å². The number of anilines is 1. The van der Waals surface area contributed by atoms with Crippen LogP contribution in [0.15, 0.2) is 46.9 Å². The van der Waals surface area contributed by atoms with Crippen LogP contribution in [0.3, 0.4) is 0 Å². The highest BCUT2D eigenvalue weighted by atomic mass is 79.9. The molecule has 1 atom stereocenters. The number of nitrogens with zero attached hydrogens (tertiary/aromatic N) is 2. The molecule has 36 heavy (non-hydrogen) atoms. The zero-order chi connectivity index (χ0) is 27.3. The van der Waals surface area contributed by atoms with Crippen molar-refractivity contribution >= 4 is 43.5 Å². The highest BCUT2D eigenvalue weighted by Crippen LogP contribution is 2.25. The minimum absolute atomic E-state index is 0.112. The molecule has 2 rings (SSSR count). The fraction of sp³-hybridized carbons (Fsp3) is 0.481. The molecule has 198 valence electrons. The number of halogens is 1. The van der Waals surface area contributed by atoms with Crippen LogP contribution in [-0.4, -0.2) is 49.5 Å². The number of aryl methyl sites for hydroxylation is 1. The summed E-state index contributed by atoms with van der Waals surface area (Å²) in [6.45, 7) is 11.7. The van der Waals surface area contributed by atoms with Gasteiger partial charge in [-0.1, -0.05) is 40.2 Å². The van der Waals surface area contributed by atoms with E-state index in [1.165, 1.54) is 10.6 Å². The Hall–Kier alpha value is -2.39. The lowest BCUT2D eigenvalue weighted by atomic mass is 10.1. The van der Waals surface area contributed by atoms with Crippen LogP contribution in [0.2, 0.25) is 0 Å². The first-order chi connectivity index (χ1) is 16.6. The van der Waals surface area contributed by atoms with E-state index in [2.05, 4.69) is 21.2 Å². The van der Waals surface area contributed by atoms with Gasteiger partial charge in [0.05, 0.1) is 11.9 Å². The van der Waals surface area contributed by atoms with Crippen molar-refractivity contribution < 1.29 is 18.0 Å². The van der Waals surface area contributed by atoms with Crippen LogP contribution < -0.4 is 9.62 Å². The molecule has 0 bridgehead atoms. The molecule has 0 radical (unpaired) electrons. The molecule has 1 N–H and O–H groups in total. The third-order valence-electron chi connectivity index (χ3n) is 5.93. The average molecular weight is 581 g/mol. The van der Waals surface area contributed by atoms with Crippen molar-refractivity contribution in [3.05, 3.63) is 63.6 Å². The summed E-state index contributed by atoms with van der Waals surface area (Å²) in [5.41, 5.74) is 2.97. The Kier molecular flexibility index (Phi) is 10.1. The molecule has 7 nitrogen and oxygen atoms in total. The van der Waals surface area contributed by atoms with Crippen molar-refractivity contribution in [3.63, 3.8) is 0 Å². The second-order valence-corrected chi connectivity index (χ2v) is 13.0. The van der Waals surface area contributed by atoms with E-state index >= 15 is 0 Å². The quantitative estimate of drug-likeness (QED) is 0.431. The van der Waals surface area contributed by atoms with Crippen molar-refractivity contribution in [2.75, 3.05) is 17.1 Å². The Morgan fingerprint density at radius 2 is 1.67 bits per heavy atom. The lowest BCUT2D eigenvalue weighted by Crippen LogP contribution is -2.52. The van der Waals surface area contributed by atoms with E-state index in [0.29, 0.717) is 12.1 Å². The normalized spacial score (nSPS) is 12.7. The first kappa shape index (κ1) is 29.8. The lowest BCUT2D eigenvalue weighted by molar-refractivity contribution is -0.141. The molecule has 0 unspecified atom stereocenters. The molecule has 0 saturated carbocycles. The molecular formula is C27H38BrN3O4S. The van der Waals surface area contributed by atoms with E-state index in [4.69, 9.17) is 0 Å². The number of benzene rings is 2. The van der Waals surface area contributed by atoms with Crippen molar-refractivity contribution in [2.24, 2.45) is 0 Å². The number of carbonyl (C=O) groups is 2. The molecule has 9 heteroatoms. The average Bonchev–Trinajstić information content (AvgIpc) is 2.76. The van der Waals surface area contributed by atoms with E-state index in [9.17, 15) is 18.0 Å². The number of sulfonamides is 1. The molecule has 0 aliphatic rings. The molecule has 0 aromatic heterocycles. The monoisotopic (exact) mass is 579 g/mol. The van der Waals surface area contributed by atoms with E-state index < -0.39 is 21.6 Å². The molecule has 0 spiro atoms. The zero-order valence-corrected chi connectivity index (χ0v) is 24.7. The summed E-state index contributed by atoms with van der Waals surface area (Å²) in [5.74, 6) is -0.440. The second kappa shape index (κ2) is 12.2. The molecule has 0 saturated heterocycles. The SMILES string of the molecule is Cc1cccc(N(CCCC(=O)N(Cc2ccc(Br)cc2)[C@H](C)C(=O)NC(C)(C)C)S(C)(=O)=O)c1C. The van der Waals surface area contributed by atoms with Gasteiger partial charge in [-0.15, -0.1) is 0 Å². The van der Waals surface area contributed by atoms with Gasteiger partial charge in [0.25, 0.3) is 0 Å². The van der Waals surface area contributed by atoms with Gasteiger partial charge in [0, 0.05) is 29.5 Å². The lowest BCUT2D eigenvalue weighted by Gasteiger charge is -2.32. The van der Waals surface area contributed by atoms with Gasteiger partial charge in [0.15, 0.2) is 0 Å². The van der Waals surface area contributed by atoms with Crippen molar-refractivity contribution in [3.8, 4) is 0 Å². The van der Waals surface area contributed by atoms with Crippen LogP contribution in [0, 0.1) is 13.8 Å². The first-order valence-electron chi connectivity index (χ1n) is 12.0. The molecule has 0 aliphatic heterocycles. The first-order valence-corrected chi connectivity index (χ1v) is 14.6. The van der Waals surface area contributed by atoms with Gasteiger partial charge in [0.2, 0.25) is 21.8 Å². The predicted octanol–water partition coefficient (Wildman–Crippen LogP) is 4.94. The van der Waals surface area contributed by atoms with E-state index in [0.717, 1.165) is 21.2 Å². The number of amides is 2. The summed E-state index contributed by atoms with van der Waals surface area (Å²) < 4.78 is 27.4. The van der Waals surface area contributed by atoms with Crippen molar-refractivity contribution in [1.29, 1.82) is 0 Å². The summed E-state index contributed by atoms with van der Waals surface area (Å²) in [4.78, 5) is 27.9. The van der Waals surface area contributed by atoms with E-state index in [-0.39, 0.29) is 31.3 Å². The maximum Gasteiger partial charge on any atom is 0.242 e. The fourth-order valence-electron chi connectivity index (χ4n) is 3.83. The van der Waals surface area contributed by atoms with Crippen LogP contribution in [0.25, 0.3) is 0 Å². The van der Waals surface area contributed by atoms with Gasteiger partial charge in [-0.25, -0.2) is 8.42 Å². The highest BCUT2D eigenvalue weighted by Gasteiger charge is 2.28. The predicted molar refractivity (Wildman–Crippen MR) is 149 cm³/mol. The Balaban J connectivity index is 2.22. The number of hydrogen-bond acceptors (Lipinski definition) is 4. The summed E-state index contributed by atoms with van der Waals surface area (Å²) >= 11 is 3.42. The van der Waals surface area contributed by atoms with Gasteiger partial charge >= 0.3 is 0 Å². The van der Waals surface area contributed by atoms with Gasteiger partial charge in [-0.05, 0) is 82.9 Å². The summed E-state index contributed by atoms with van der Waals surface area (Å²) in [6, 6.07) is 12.5. The molecule has 0 heterocycles. The number of rotatable bonds is 10. The molecule has 0 fully saturated rings. The van der Waals surface area contributed by atoms with Crippen LogP contribution in [0.5, 0.6) is 0 Å². The van der Waals surface area contributed by atoms with Crippen LogP contribution in [0.1, 0.15) is 57.2 Å². The van der Waals surface area contributed by atoms with Crippen molar-refractivity contribution in [2.45, 2.75) is 72.5 Å². The largest absolute Gasteiger partial charge is 0.350 e. The fourth-order valence-corrected chi connectivity index (χ4v) is 5.11. The number of carbonyl (C=O) groups excluding carboxylic acids is 2. The van der Waals surface area contributed by atoms with Crippen LogP contribution >= 0.6 is 15.9 Å². The standard InChI is InChI=1S/C27H38BrN3O4S/c1-19-10-8-11-24(20(19)2)31(36(7,34)35)17-9-12-25(32)30(18-22-13-15-23(28)16-14-22)21(3)26(33)29-27(4,5)6/h8,10-11,13-16,21H,9,12,17-18H2,1-7H3,(H,29,33)/t21-/m1/s1. The van der Waals surface area contributed by atoms with Gasteiger partial charge in [-0.3, -0.25) is 13.9 Å². The maximum absolute atomic E-state index is 13.4. The molecule has 2 amide bonds. The summed E-state index contributed by atoms with van der Waals surface area (Å²) in [6.07, 6.45) is 1.61. The third kappa shape index (κ3) is 8.62. The highest BCUT2D eigenvalue weighted by molar-refractivity contribution is 9.10. The maximum atomic E-state index is 13.4. The smallest absolute Gasteiger partial charge is 0.242 e. The molecule has 0 aliphatic carbocycles. The van der Waals surface area contributed by atoms with E-state index in [1.807, 2.05) is 71.0 Å². The van der Waals surface area contributed by atoms with Crippen LogP contribution in [0.4, 0.5) is 5.69 Å². The zero-order valence-electron chi connectivity index (χ0n) is 22.3. The molecular weight excluding hydrogens is 542 g/mol. The molecule has 2 aromatic carbocycles. The Morgan fingerprint density at radius 1 is 1.06 bits per heavy atom. The Bertz CT molecular complexity index is 1170. The second-order valence-electron chi connectivity index (χ2n) is 10.2. The molecule has 2 aromatic rings. The topological polar surface area (TPSA) is 86.8 Å². The summed E-state index contributed by atoms with van der Waals surface area (Å²) in [5, 5.41) is 2.95. The van der Waals surface area contributed by atoms with E-state index in [1.54, 1.807) is 17.9 Å². The number of hydrogen-bond donors (Lipinski definition) is 1. The summed E-state index contributed by atoms with van der Waals surface area (Å²) in [7, 11) is -3.54. The number of nitrogens with one attached hydrogen (secondary N) is 1. The minimum atomic E-state index is -3.54. The van der Waals surface area contributed by atoms with Gasteiger partial charge in [-0.2, -0.15) is 0 Å². The third-order valence-corrected chi connectivity index (χ3v) is 7.64. The Morgan fingerprint density at radius 3 is 2.22 bits per heavy atom. The van der Waals surface area contributed by atoms with Crippen LogP contribution in [-0.2, 0) is 26.2 Å². The van der Waals surface area contributed by atoms with Gasteiger partial charge < -0.3 is 10.2 Å². The van der Waals surface area contributed by atoms with Crippen molar-refractivity contribution in [1.82, 2.24) is 10.2 Å². The van der Waals surface area contributed by atoms with Gasteiger partial charge in [0.1, 0.15) is 6.04 Å². The minimum Gasteiger partial charge on any atom is -0.350 e.